The average Bonchev–Trinajstić information content (AvgIpc) is 2.58. The van der Waals surface area contributed by atoms with Gasteiger partial charge >= 0.3 is 6.09 Å². The molecule has 0 fully saturated rings. The van der Waals surface area contributed by atoms with Crippen LogP contribution in [0.1, 0.15) is 46.6 Å². The summed E-state index contributed by atoms with van der Waals surface area (Å²) in [4.78, 5) is 16.6. The summed E-state index contributed by atoms with van der Waals surface area (Å²) >= 11 is 0. The van der Waals surface area contributed by atoms with Gasteiger partial charge in [0.2, 0.25) is 0 Å². The number of hydrogen-bond acceptors (Lipinski definition) is 4. The van der Waals surface area contributed by atoms with Gasteiger partial charge in [0.25, 0.3) is 0 Å². The van der Waals surface area contributed by atoms with Gasteiger partial charge in [-0.1, -0.05) is 25.1 Å². The summed E-state index contributed by atoms with van der Waals surface area (Å²) in [5.41, 5.74) is 1.35. The standard InChI is InChI=1S/C22H34N2O3/c1-16-11-12-20(24(14-16)21(25)27-22(3,4)5)18-9-8-10-19(13-18)26-15-17(2)23(6)7/h8-10,12-13,16-17H,11,14-15H2,1-7H3/t16-,17?/m0/s1. The van der Waals surface area contributed by atoms with E-state index in [4.69, 9.17) is 9.47 Å². The van der Waals surface area contributed by atoms with E-state index in [1.54, 1.807) is 4.90 Å². The summed E-state index contributed by atoms with van der Waals surface area (Å²) < 4.78 is 11.6. The van der Waals surface area contributed by atoms with E-state index in [-0.39, 0.29) is 6.09 Å². The van der Waals surface area contributed by atoms with Crippen molar-refractivity contribution in [2.75, 3.05) is 27.2 Å². The van der Waals surface area contributed by atoms with Gasteiger partial charge in [0.1, 0.15) is 18.0 Å². The first-order chi connectivity index (χ1) is 12.6. The van der Waals surface area contributed by atoms with E-state index in [1.165, 1.54) is 0 Å². The molecule has 2 rings (SSSR count). The molecule has 1 amide bonds. The molecule has 1 unspecified atom stereocenters. The van der Waals surface area contributed by atoms with E-state index in [2.05, 4.69) is 24.8 Å². The van der Waals surface area contributed by atoms with Gasteiger partial charge in [-0.05, 0) is 66.3 Å². The lowest BCUT2D eigenvalue weighted by Crippen LogP contribution is -2.39. The van der Waals surface area contributed by atoms with Gasteiger partial charge in [-0.2, -0.15) is 0 Å². The van der Waals surface area contributed by atoms with Gasteiger partial charge < -0.3 is 14.4 Å². The first-order valence-electron chi connectivity index (χ1n) is 9.67. The first kappa shape index (κ1) is 21.3. The summed E-state index contributed by atoms with van der Waals surface area (Å²) in [5.74, 6) is 1.21. The number of rotatable bonds is 5. The van der Waals surface area contributed by atoms with Crippen molar-refractivity contribution in [1.82, 2.24) is 9.80 Å². The second-order valence-corrected chi connectivity index (χ2v) is 8.67. The Balaban J connectivity index is 2.20. The molecule has 1 aromatic carbocycles. The molecule has 1 aliphatic rings. The molecule has 0 bridgehead atoms. The third-order valence-electron chi connectivity index (χ3n) is 4.62. The van der Waals surface area contributed by atoms with E-state index < -0.39 is 5.60 Å². The van der Waals surface area contributed by atoms with Crippen molar-refractivity contribution in [3.63, 3.8) is 0 Å². The van der Waals surface area contributed by atoms with Crippen LogP contribution in [0.5, 0.6) is 5.75 Å². The highest BCUT2D eigenvalue weighted by atomic mass is 16.6. The van der Waals surface area contributed by atoms with Crippen LogP contribution in [0.15, 0.2) is 30.3 Å². The quantitative estimate of drug-likeness (QED) is 0.753. The van der Waals surface area contributed by atoms with E-state index in [0.717, 1.165) is 23.4 Å². The third-order valence-corrected chi connectivity index (χ3v) is 4.62. The second kappa shape index (κ2) is 8.79. The molecule has 1 aromatic rings. The van der Waals surface area contributed by atoms with Gasteiger partial charge in [0.15, 0.2) is 0 Å². The molecule has 27 heavy (non-hydrogen) atoms. The highest BCUT2D eigenvalue weighted by molar-refractivity contribution is 5.83. The lowest BCUT2D eigenvalue weighted by molar-refractivity contribution is 0.0327. The van der Waals surface area contributed by atoms with Gasteiger partial charge in [-0.15, -0.1) is 0 Å². The Morgan fingerprint density at radius 2 is 2.04 bits per heavy atom. The van der Waals surface area contributed by atoms with Crippen LogP contribution in [0.4, 0.5) is 4.79 Å². The SMILES string of the molecule is CC(COc1cccc(C2=CC[C@H](C)CN2C(=O)OC(C)(C)C)c1)N(C)C. The van der Waals surface area contributed by atoms with Crippen LogP contribution in [0.2, 0.25) is 0 Å². The zero-order valence-corrected chi connectivity index (χ0v) is 17.8. The van der Waals surface area contributed by atoms with Gasteiger partial charge in [-0.3, -0.25) is 4.90 Å². The van der Waals surface area contributed by atoms with Crippen LogP contribution in [0.3, 0.4) is 0 Å². The summed E-state index contributed by atoms with van der Waals surface area (Å²) in [6.45, 7) is 11.2. The fraction of sp³-hybridized carbons (Fsp3) is 0.591. The zero-order chi connectivity index (χ0) is 20.2. The summed E-state index contributed by atoms with van der Waals surface area (Å²) in [6, 6.07) is 8.26. The fourth-order valence-electron chi connectivity index (χ4n) is 2.78. The highest BCUT2D eigenvalue weighted by Gasteiger charge is 2.29. The molecule has 0 aliphatic carbocycles. The lowest BCUT2D eigenvalue weighted by atomic mass is 9.98. The van der Waals surface area contributed by atoms with Crippen molar-refractivity contribution in [1.29, 1.82) is 0 Å². The molecule has 0 radical (unpaired) electrons. The third kappa shape index (κ3) is 6.28. The summed E-state index contributed by atoms with van der Waals surface area (Å²) in [6.07, 6.45) is 2.77. The van der Waals surface area contributed by atoms with Gasteiger partial charge in [0, 0.05) is 18.2 Å². The van der Waals surface area contributed by atoms with Gasteiger partial charge in [0.05, 0.1) is 5.70 Å². The molecule has 1 heterocycles. The molecule has 5 nitrogen and oxygen atoms in total. The van der Waals surface area contributed by atoms with Crippen LogP contribution in [-0.2, 0) is 4.74 Å². The van der Waals surface area contributed by atoms with E-state index in [1.807, 2.05) is 59.1 Å². The number of hydrogen-bond donors (Lipinski definition) is 0. The summed E-state index contributed by atoms with van der Waals surface area (Å²) in [7, 11) is 4.08. The minimum absolute atomic E-state index is 0.298. The average molecular weight is 375 g/mol. The van der Waals surface area contributed by atoms with E-state index in [9.17, 15) is 4.79 Å². The number of benzene rings is 1. The predicted octanol–water partition coefficient (Wildman–Crippen LogP) is 4.63. The maximum absolute atomic E-state index is 12.7. The molecule has 0 saturated heterocycles. The van der Waals surface area contributed by atoms with Gasteiger partial charge in [-0.25, -0.2) is 4.79 Å². The molecular weight excluding hydrogens is 340 g/mol. The minimum atomic E-state index is -0.518. The van der Waals surface area contributed by atoms with Crippen LogP contribution < -0.4 is 4.74 Å². The molecule has 1 aliphatic heterocycles. The van der Waals surface area contributed by atoms with Crippen molar-refractivity contribution in [2.24, 2.45) is 5.92 Å². The molecule has 0 N–H and O–H groups in total. The topological polar surface area (TPSA) is 42.0 Å². The number of amides is 1. The predicted molar refractivity (Wildman–Crippen MR) is 110 cm³/mol. The Bertz CT molecular complexity index is 676. The van der Waals surface area contributed by atoms with Crippen LogP contribution in [-0.4, -0.2) is 54.8 Å². The van der Waals surface area contributed by atoms with Crippen molar-refractivity contribution >= 4 is 11.8 Å². The Kier molecular flexibility index (Phi) is 6.93. The lowest BCUT2D eigenvalue weighted by Gasteiger charge is -2.34. The number of allylic oxidation sites excluding steroid dienone is 1. The monoisotopic (exact) mass is 374 g/mol. The zero-order valence-electron chi connectivity index (χ0n) is 17.8. The number of carbonyl (C=O) groups is 1. The van der Waals surface area contributed by atoms with Crippen molar-refractivity contribution < 1.29 is 14.3 Å². The van der Waals surface area contributed by atoms with Crippen molar-refractivity contribution in [3.8, 4) is 5.75 Å². The van der Waals surface area contributed by atoms with E-state index >= 15 is 0 Å². The minimum Gasteiger partial charge on any atom is -0.492 e. The normalized spacial score (nSPS) is 18.9. The van der Waals surface area contributed by atoms with Crippen molar-refractivity contribution in [2.45, 2.75) is 52.7 Å². The second-order valence-electron chi connectivity index (χ2n) is 8.67. The molecule has 0 aromatic heterocycles. The number of carbonyl (C=O) groups excluding carboxylic acids is 1. The smallest absolute Gasteiger partial charge is 0.414 e. The highest BCUT2D eigenvalue weighted by Crippen LogP contribution is 2.31. The molecule has 0 spiro atoms. The van der Waals surface area contributed by atoms with Crippen LogP contribution in [0.25, 0.3) is 5.70 Å². The Labute approximate surface area is 163 Å². The number of ether oxygens (including phenoxy) is 2. The fourth-order valence-corrected chi connectivity index (χ4v) is 2.78. The first-order valence-corrected chi connectivity index (χ1v) is 9.67. The van der Waals surface area contributed by atoms with E-state index in [0.29, 0.717) is 25.1 Å². The molecule has 2 atom stereocenters. The summed E-state index contributed by atoms with van der Waals surface area (Å²) in [5, 5.41) is 0. The number of nitrogens with zero attached hydrogens (tertiary/aromatic N) is 2. The van der Waals surface area contributed by atoms with Crippen molar-refractivity contribution in [3.05, 3.63) is 35.9 Å². The number of likely N-dealkylation sites (N-methyl/N-ethyl adjacent to an activating group) is 1. The maximum atomic E-state index is 12.7. The Morgan fingerprint density at radius 1 is 1.33 bits per heavy atom. The molecule has 0 saturated carbocycles. The Morgan fingerprint density at radius 3 is 2.67 bits per heavy atom. The molecule has 5 heteroatoms. The molecule has 150 valence electrons. The maximum Gasteiger partial charge on any atom is 0.414 e. The molecular formula is C22H34N2O3. The van der Waals surface area contributed by atoms with Crippen LogP contribution >= 0.6 is 0 Å². The largest absolute Gasteiger partial charge is 0.492 e. The van der Waals surface area contributed by atoms with Crippen LogP contribution in [0, 0.1) is 5.92 Å². The Hall–Kier alpha value is -2.01.